The molecule has 1 aliphatic carbocycles. The minimum atomic E-state index is -0.0996. The van der Waals surface area contributed by atoms with Crippen LogP contribution in [0.4, 0.5) is 0 Å². The molecule has 1 heterocycles. The Morgan fingerprint density at radius 3 is 1.54 bits per heavy atom. The molecule has 12 rings (SSSR count). The molecule has 0 aliphatic heterocycles. The van der Waals surface area contributed by atoms with Gasteiger partial charge in [-0.05, 0) is 125 Å². The van der Waals surface area contributed by atoms with Gasteiger partial charge in [0.25, 0.3) is 0 Å². The molecule has 0 saturated heterocycles. The van der Waals surface area contributed by atoms with E-state index in [1.54, 1.807) is 0 Å². The van der Waals surface area contributed by atoms with Crippen LogP contribution in [0.2, 0.25) is 0 Å². The van der Waals surface area contributed by atoms with E-state index < -0.39 is 0 Å². The maximum absolute atomic E-state index is 5.33. The van der Waals surface area contributed by atoms with Crippen LogP contribution in [0.3, 0.4) is 0 Å². The molecule has 11 aromatic rings. The van der Waals surface area contributed by atoms with Gasteiger partial charge in [-0.15, -0.1) is 0 Å². The second-order valence-corrected chi connectivity index (χ2v) is 17.7. The summed E-state index contributed by atoms with van der Waals surface area (Å²) < 4.78 is 0. The molecule has 10 aromatic carbocycles. The molecule has 306 valence electrons. The number of aromatic nitrogens is 2. The second-order valence-electron chi connectivity index (χ2n) is 17.7. The third-order valence-electron chi connectivity index (χ3n) is 13.5. The highest BCUT2D eigenvalue weighted by molar-refractivity contribution is 6.06. The molecule has 0 spiro atoms. The van der Waals surface area contributed by atoms with Gasteiger partial charge in [0.05, 0.1) is 11.4 Å². The molecule has 2 heteroatoms. The quantitative estimate of drug-likeness (QED) is 0.160. The number of hydrogen-bond acceptors (Lipinski definition) is 2. The molecule has 0 unspecified atom stereocenters. The van der Waals surface area contributed by atoms with Gasteiger partial charge in [0.15, 0.2) is 5.82 Å². The summed E-state index contributed by atoms with van der Waals surface area (Å²) in [7, 11) is 0. The van der Waals surface area contributed by atoms with Crippen molar-refractivity contribution in [2.24, 2.45) is 0 Å². The monoisotopic (exact) mass is 828 g/mol. The van der Waals surface area contributed by atoms with Crippen LogP contribution < -0.4 is 0 Å². The number of rotatable bonds is 7. The summed E-state index contributed by atoms with van der Waals surface area (Å²) in [5.41, 5.74) is 19.6. The van der Waals surface area contributed by atoms with Gasteiger partial charge >= 0.3 is 0 Å². The van der Waals surface area contributed by atoms with Gasteiger partial charge in [-0.25, -0.2) is 9.97 Å². The Labute approximate surface area is 380 Å². The van der Waals surface area contributed by atoms with E-state index in [0.717, 1.165) is 44.6 Å². The van der Waals surface area contributed by atoms with Gasteiger partial charge in [0.1, 0.15) is 0 Å². The summed E-state index contributed by atoms with van der Waals surface area (Å²) in [5.74, 6) is 0.697. The molecular weight excluding hydrogens is 785 g/mol. The predicted molar refractivity (Wildman–Crippen MR) is 273 cm³/mol. The van der Waals surface area contributed by atoms with Gasteiger partial charge < -0.3 is 0 Å². The first-order valence-corrected chi connectivity index (χ1v) is 22.5. The molecule has 0 amide bonds. The van der Waals surface area contributed by atoms with Crippen molar-refractivity contribution < 1.29 is 0 Å². The fraction of sp³-hybridized carbons (Fsp3) is 0.0476. The first kappa shape index (κ1) is 38.5. The number of fused-ring (bicyclic) bond motifs is 5. The highest BCUT2D eigenvalue weighted by Crippen LogP contribution is 2.50. The average molecular weight is 829 g/mol. The Kier molecular flexibility index (Phi) is 9.21. The van der Waals surface area contributed by atoms with Crippen LogP contribution >= 0.6 is 0 Å². The lowest BCUT2D eigenvalue weighted by Crippen LogP contribution is -2.14. The smallest absolute Gasteiger partial charge is 0.160 e. The first-order valence-electron chi connectivity index (χ1n) is 22.5. The molecule has 0 bridgehead atoms. The maximum Gasteiger partial charge on any atom is 0.160 e. The van der Waals surface area contributed by atoms with E-state index in [-0.39, 0.29) is 5.41 Å². The number of benzene rings is 10. The van der Waals surface area contributed by atoms with E-state index in [9.17, 15) is 0 Å². The van der Waals surface area contributed by atoms with Gasteiger partial charge in [0.2, 0.25) is 0 Å². The fourth-order valence-electron chi connectivity index (χ4n) is 10.2. The third kappa shape index (κ3) is 6.74. The zero-order valence-corrected chi connectivity index (χ0v) is 36.3. The number of nitrogens with zero attached hydrogens (tertiary/aromatic N) is 2. The standard InChI is InChI=1S/C63H44N2/c1-63(2)58-28-16-15-26-54(58)55-32-31-46(39-59(55)63)48-36-47(45-30-29-41-17-9-10-22-44(41)35-45)37-49(38-48)51-33-34-57(53-25-13-12-24-52(51)53)61-40-60(64-62(65-61)43-20-7-4-8-21-43)56-27-14-11-23-50(56)42-18-5-3-6-19-42/h3-40H,1-2H3. The minimum Gasteiger partial charge on any atom is -0.228 e. The van der Waals surface area contributed by atoms with Crippen LogP contribution in [0.15, 0.2) is 231 Å². The Bertz CT molecular complexity index is 3620. The van der Waals surface area contributed by atoms with Crippen LogP contribution in [0, 0.1) is 0 Å². The van der Waals surface area contributed by atoms with E-state index in [2.05, 4.69) is 238 Å². The van der Waals surface area contributed by atoms with Crippen molar-refractivity contribution in [3.63, 3.8) is 0 Å². The SMILES string of the molecule is CC1(C)c2ccccc2-c2ccc(-c3cc(-c4ccc5ccccc5c4)cc(-c4ccc(-c5cc(-c6ccccc6-c6ccccc6)nc(-c6ccccc6)n5)c5ccccc45)c3)cc21. The zero-order chi connectivity index (χ0) is 43.5. The molecule has 65 heavy (non-hydrogen) atoms. The van der Waals surface area contributed by atoms with Crippen LogP contribution in [0.5, 0.6) is 0 Å². The van der Waals surface area contributed by atoms with E-state index in [1.807, 2.05) is 6.07 Å². The lowest BCUT2D eigenvalue weighted by molar-refractivity contribution is 0.660. The molecule has 1 aliphatic rings. The summed E-state index contributed by atoms with van der Waals surface area (Å²) in [6.07, 6.45) is 0. The second kappa shape index (κ2) is 15.6. The van der Waals surface area contributed by atoms with E-state index >= 15 is 0 Å². The largest absolute Gasteiger partial charge is 0.228 e. The summed E-state index contributed by atoms with van der Waals surface area (Å²) in [4.78, 5) is 10.6. The molecule has 0 fully saturated rings. The molecule has 2 nitrogen and oxygen atoms in total. The summed E-state index contributed by atoms with van der Waals surface area (Å²) in [6, 6.07) is 83.5. The van der Waals surface area contributed by atoms with Crippen molar-refractivity contribution >= 4 is 21.5 Å². The molecule has 0 radical (unpaired) electrons. The molecular formula is C63H44N2. The number of hydrogen-bond donors (Lipinski definition) is 0. The van der Waals surface area contributed by atoms with Gasteiger partial charge in [-0.2, -0.15) is 0 Å². The first-order chi connectivity index (χ1) is 32.0. The lowest BCUT2D eigenvalue weighted by atomic mass is 9.81. The maximum atomic E-state index is 5.33. The van der Waals surface area contributed by atoms with Gasteiger partial charge in [-0.1, -0.05) is 208 Å². The zero-order valence-electron chi connectivity index (χ0n) is 36.3. The third-order valence-corrected chi connectivity index (χ3v) is 13.5. The Balaban J connectivity index is 1.04. The van der Waals surface area contributed by atoms with E-state index in [4.69, 9.17) is 9.97 Å². The highest BCUT2D eigenvalue weighted by atomic mass is 14.9. The van der Waals surface area contributed by atoms with Crippen molar-refractivity contribution in [1.29, 1.82) is 0 Å². The van der Waals surface area contributed by atoms with Crippen molar-refractivity contribution in [2.45, 2.75) is 19.3 Å². The van der Waals surface area contributed by atoms with Gasteiger partial charge in [-0.3, -0.25) is 0 Å². The summed E-state index contributed by atoms with van der Waals surface area (Å²) in [5, 5.41) is 4.78. The van der Waals surface area contributed by atoms with Crippen molar-refractivity contribution in [2.75, 3.05) is 0 Å². The van der Waals surface area contributed by atoms with Crippen LogP contribution in [0.1, 0.15) is 25.0 Å². The van der Waals surface area contributed by atoms with Gasteiger partial charge in [0, 0.05) is 22.1 Å². The predicted octanol–water partition coefficient (Wildman–Crippen LogP) is 16.8. The summed E-state index contributed by atoms with van der Waals surface area (Å²) in [6.45, 7) is 4.72. The topological polar surface area (TPSA) is 25.8 Å². The average Bonchev–Trinajstić information content (AvgIpc) is 3.61. The highest BCUT2D eigenvalue weighted by Gasteiger charge is 2.35. The van der Waals surface area contributed by atoms with Crippen LogP contribution in [-0.4, -0.2) is 9.97 Å². The van der Waals surface area contributed by atoms with E-state index in [0.29, 0.717) is 5.82 Å². The summed E-state index contributed by atoms with van der Waals surface area (Å²) >= 11 is 0. The van der Waals surface area contributed by atoms with E-state index in [1.165, 1.54) is 71.8 Å². The van der Waals surface area contributed by atoms with Crippen molar-refractivity contribution in [3.05, 3.63) is 242 Å². The lowest BCUT2D eigenvalue weighted by Gasteiger charge is -2.22. The normalized spacial score (nSPS) is 12.6. The Morgan fingerprint density at radius 2 is 0.785 bits per heavy atom. The van der Waals surface area contributed by atoms with Crippen molar-refractivity contribution in [1.82, 2.24) is 9.97 Å². The Hall–Kier alpha value is -8.20. The van der Waals surface area contributed by atoms with Crippen LogP contribution in [0.25, 0.3) is 111 Å². The van der Waals surface area contributed by atoms with Crippen LogP contribution in [-0.2, 0) is 5.41 Å². The fourth-order valence-corrected chi connectivity index (χ4v) is 10.2. The molecule has 0 N–H and O–H groups in total. The van der Waals surface area contributed by atoms with Crippen molar-refractivity contribution in [3.8, 4) is 89.5 Å². The molecule has 1 aromatic heterocycles. The minimum absolute atomic E-state index is 0.0996. The molecule has 0 atom stereocenters. The molecule has 0 saturated carbocycles. The Morgan fingerprint density at radius 1 is 0.277 bits per heavy atom.